The normalized spacial score (nSPS) is 11.3. The van der Waals surface area contributed by atoms with Crippen molar-refractivity contribution in [2.45, 2.75) is 19.9 Å². The van der Waals surface area contributed by atoms with Gasteiger partial charge in [0.15, 0.2) is 11.8 Å². The molecule has 0 radical (unpaired) electrons. The lowest BCUT2D eigenvalue weighted by atomic mass is 10.3. The molecule has 8 nitrogen and oxygen atoms in total. The average molecular weight is 450 g/mol. The molecule has 0 saturated carbocycles. The number of ether oxygens (including phenoxy) is 1. The average Bonchev–Trinajstić information content (AvgIpc) is 3.16. The third-order valence-corrected chi connectivity index (χ3v) is 5.50. The van der Waals surface area contributed by atoms with Gasteiger partial charge in [-0.25, -0.2) is 4.99 Å². The van der Waals surface area contributed by atoms with Gasteiger partial charge in [0.25, 0.3) is 0 Å². The van der Waals surface area contributed by atoms with Crippen molar-refractivity contribution in [3.8, 4) is 5.75 Å². The van der Waals surface area contributed by atoms with Gasteiger partial charge in [0.2, 0.25) is 0 Å². The summed E-state index contributed by atoms with van der Waals surface area (Å²) in [6, 6.07) is 20.3. The number of anilines is 1. The topological polar surface area (TPSA) is 70.8 Å². The van der Waals surface area contributed by atoms with Gasteiger partial charge in [-0.05, 0) is 37.6 Å². The van der Waals surface area contributed by atoms with Crippen molar-refractivity contribution in [2.24, 2.45) is 12.0 Å². The molecule has 3 rings (SSSR count). The number of likely N-dealkylation sites (N-methyl/N-ethyl adjacent to an activating group) is 1. The molecule has 0 spiro atoms. The molecule has 1 aromatic heterocycles. The lowest BCUT2D eigenvalue weighted by Crippen LogP contribution is -2.42. The Morgan fingerprint density at radius 3 is 2.36 bits per heavy atom. The van der Waals surface area contributed by atoms with Crippen LogP contribution in [0.5, 0.6) is 5.75 Å². The van der Waals surface area contributed by atoms with Crippen molar-refractivity contribution in [1.82, 2.24) is 25.0 Å². The first-order valence-corrected chi connectivity index (χ1v) is 11.3. The van der Waals surface area contributed by atoms with Crippen LogP contribution in [0.1, 0.15) is 18.1 Å². The molecular formula is C25H35N7O. The van der Waals surface area contributed by atoms with Crippen LogP contribution in [-0.2, 0) is 13.6 Å². The van der Waals surface area contributed by atoms with Crippen LogP contribution in [0.25, 0.3) is 0 Å². The second-order valence-electron chi connectivity index (χ2n) is 7.98. The third kappa shape index (κ3) is 7.52. The maximum absolute atomic E-state index is 5.86. The Morgan fingerprint density at radius 2 is 1.70 bits per heavy atom. The first kappa shape index (κ1) is 24.1. The van der Waals surface area contributed by atoms with Crippen LogP contribution in [0.3, 0.4) is 0 Å². The molecule has 0 aliphatic heterocycles. The molecule has 8 heteroatoms. The number of aromatic nitrogens is 3. The van der Waals surface area contributed by atoms with Gasteiger partial charge < -0.3 is 24.4 Å². The number of nitrogens with zero attached hydrogens (tertiary/aromatic N) is 6. The van der Waals surface area contributed by atoms with E-state index >= 15 is 0 Å². The second kappa shape index (κ2) is 12.5. The minimum Gasteiger partial charge on any atom is -0.492 e. The molecule has 0 unspecified atom stereocenters. The molecule has 0 saturated heterocycles. The van der Waals surface area contributed by atoms with E-state index in [0.29, 0.717) is 19.7 Å². The highest BCUT2D eigenvalue weighted by atomic mass is 16.5. The number of hydrogen-bond acceptors (Lipinski definition) is 5. The second-order valence-corrected chi connectivity index (χ2v) is 7.98. The molecule has 0 aliphatic carbocycles. The summed E-state index contributed by atoms with van der Waals surface area (Å²) in [6.07, 6.45) is 0.988. The number of rotatable bonds is 11. The summed E-state index contributed by atoms with van der Waals surface area (Å²) < 4.78 is 7.83. The number of aliphatic imine (C=N–C) groups is 1. The fourth-order valence-electron chi connectivity index (χ4n) is 3.30. The van der Waals surface area contributed by atoms with Crippen molar-refractivity contribution >= 4 is 11.6 Å². The standard InChI is InChI=1S/C25H35N7O/c1-21-28-29-24(32(21)4)20-27-25(31(3)18-19-33-23-14-9-6-10-15-23)26-16-11-17-30(2)22-12-7-5-8-13-22/h5-10,12-15H,11,16-20H2,1-4H3,(H,26,27). The lowest BCUT2D eigenvalue weighted by Gasteiger charge is -2.24. The number of benzene rings is 2. The predicted octanol–water partition coefficient (Wildman–Crippen LogP) is 3.11. The molecule has 0 aliphatic rings. The molecule has 1 N–H and O–H groups in total. The third-order valence-electron chi connectivity index (χ3n) is 5.50. The maximum Gasteiger partial charge on any atom is 0.194 e. The molecule has 1 heterocycles. The Balaban J connectivity index is 1.54. The van der Waals surface area contributed by atoms with E-state index in [1.807, 2.05) is 62.0 Å². The fourth-order valence-corrected chi connectivity index (χ4v) is 3.30. The minimum absolute atomic E-state index is 0.466. The first-order chi connectivity index (χ1) is 16.0. The number of nitrogens with one attached hydrogen (secondary N) is 1. The molecule has 0 atom stereocenters. The highest BCUT2D eigenvalue weighted by Gasteiger charge is 2.10. The summed E-state index contributed by atoms with van der Waals surface area (Å²) in [7, 11) is 6.11. The smallest absolute Gasteiger partial charge is 0.194 e. The Labute approximate surface area is 196 Å². The number of hydrogen-bond donors (Lipinski definition) is 1. The quantitative estimate of drug-likeness (QED) is 0.276. The van der Waals surface area contributed by atoms with E-state index in [9.17, 15) is 0 Å². The number of para-hydroxylation sites is 2. The van der Waals surface area contributed by atoms with Gasteiger partial charge in [0, 0.05) is 39.9 Å². The van der Waals surface area contributed by atoms with Crippen LogP contribution in [-0.4, -0.2) is 66.0 Å². The van der Waals surface area contributed by atoms with Crippen molar-refractivity contribution in [3.05, 3.63) is 72.3 Å². The van der Waals surface area contributed by atoms with E-state index in [1.54, 1.807) is 0 Å². The minimum atomic E-state index is 0.466. The Kier molecular flexibility index (Phi) is 9.11. The number of aryl methyl sites for hydroxylation is 1. The van der Waals surface area contributed by atoms with Gasteiger partial charge in [-0.2, -0.15) is 0 Å². The van der Waals surface area contributed by atoms with Gasteiger partial charge in [0.1, 0.15) is 24.7 Å². The Morgan fingerprint density at radius 1 is 1.00 bits per heavy atom. The lowest BCUT2D eigenvalue weighted by molar-refractivity contribution is 0.281. The zero-order valence-corrected chi connectivity index (χ0v) is 20.1. The molecule has 0 amide bonds. The van der Waals surface area contributed by atoms with Gasteiger partial charge in [-0.15, -0.1) is 10.2 Å². The van der Waals surface area contributed by atoms with Crippen LogP contribution < -0.4 is 15.0 Å². The van der Waals surface area contributed by atoms with Gasteiger partial charge in [-0.3, -0.25) is 0 Å². The van der Waals surface area contributed by atoms with Gasteiger partial charge >= 0.3 is 0 Å². The molecule has 33 heavy (non-hydrogen) atoms. The van der Waals surface area contributed by atoms with Crippen molar-refractivity contribution in [2.75, 3.05) is 45.2 Å². The molecule has 176 valence electrons. The number of guanidine groups is 1. The molecular weight excluding hydrogens is 414 g/mol. The Bertz CT molecular complexity index is 989. The zero-order valence-electron chi connectivity index (χ0n) is 20.1. The van der Waals surface area contributed by atoms with Crippen molar-refractivity contribution in [1.29, 1.82) is 0 Å². The fraction of sp³-hybridized carbons (Fsp3) is 0.400. The summed E-state index contributed by atoms with van der Waals surface area (Å²) in [5.41, 5.74) is 1.22. The van der Waals surface area contributed by atoms with Gasteiger partial charge in [-0.1, -0.05) is 36.4 Å². The van der Waals surface area contributed by atoms with Crippen LogP contribution in [0.2, 0.25) is 0 Å². The molecule has 0 fully saturated rings. The summed E-state index contributed by atoms with van der Waals surface area (Å²) >= 11 is 0. The van der Waals surface area contributed by atoms with E-state index in [-0.39, 0.29) is 0 Å². The largest absolute Gasteiger partial charge is 0.492 e. The van der Waals surface area contributed by atoms with Crippen molar-refractivity contribution < 1.29 is 4.74 Å². The first-order valence-electron chi connectivity index (χ1n) is 11.3. The van der Waals surface area contributed by atoms with E-state index in [0.717, 1.165) is 42.9 Å². The highest BCUT2D eigenvalue weighted by molar-refractivity contribution is 5.79. The zero-order chi connectivity index (χ0) is 23.5. The summed E-state index contributed by atoms with van der Waals surface area (Å²) in [6.45, 7) is 5.46. The van der Waals surface area contributed by atoms with E-state index < -0.39 is 0 Å². The molecule has 3 aromatic rings. The summed E-state index contributed by atoms with van der Waals surface area (Å²) in [4.78, 5) is 9.16. The summed E-state index contributed by atoms with van der Waals surface area (Å²) in [5, 5.41) is 11.9. The Hall–Kier alpha value is -3.55. The molecule has 2 aromatic carbocycles. The monoisotopic (exact) mass is 449 g/mol. The SMILES string of the molecule is Cc1nnc(CN=C(NCCCN(C)c2ccccc2)N(C)CCOc2ccccc2)n1C. The predicted molar refractivity (Wildman–Crippen MR) is 134 cm³/mol. The molecule has 0 bridgehead atoms. The van der Waals surface area contributed by atoms with Crippen LogP contribution in [0, 0.1) is 6.92 Å². The maximum atomic E-state index is 5.86. The summed E-state index contributed by atoms with van der Waals surface area (Å²) in [5.74, 6) is 3.42. The van der Waals surface area contributed by atoms with E-state index in [4.69, 9.17) is 9.73 Å². The van der Waals surface area contributed by atoms with Crippen LogP contribution in [0.4, 0.5) is 5.69 Å². The van der Waals surface area contributed by atoms with E-state index in [2.05, 4.69) is 56.6 Å². The van der Waals surface area contributed by atoms with Crippen LogP contribution in [0.15, 0.2) is 65.7 Å². The van der Waals surface area contributed by atoms with Crippen LogP contribution >= 0.6 is 0 Å². The van der Waals surface area contributed by atoms with Gasteiger partial charge in [0.05, 0.1) is 6.54 Å². The van der Waals surface area contributed by atoms with Crippen molar-refractivity contribution in [3.63, 3.8) is 0 Å². The van der Waals surface area contributed by atoms with E-state index in [1.165, 1.54) is 5.69 Å². The highest BCUT2D eigenvalue weighted by Crippen LogP contribution is 2.11.